The maximum atomic E-state index is 11.9. The van der Waals surface area contributed by atoms with Gasteiger partial charge in [-0.3, -0.25) is 9.59 Å². The molecule has 4 aromatic carbocycles. The van der Waals surface area contributed by atoms with E-state index in [-0.39, 0.29) is 53.8 Å². The molecular formula is C28H20N2O6Zn. The predicted octanol–water partition coefficient (Wildman–Crippen LogP) is 2.60. The third-order valence-corrected chi connectivity index (χ3v) is 4.86. The molecule has 4 rings (SSSR count). The first-order valence-electron chi connectivity index (χ1n) is 10.7. The topological polar surface area (TPSA) is 138 Å². The third-order valence-electron chi connectivity index (χ3n) is 4.86. The van der Waals surface area contributed by atoms with Crippen molar-refractivity contribution in [1.82, 2.24) is 0 Å². The number of carbonyl (C=O) groups is 4. The molecule has 0 unspecified atom stereocenters. The average molecular weight is 546 g/mol. The molecule has 0 aliphatic carbocycles. The average Bonchev–Trinajstić information content (AvgIpc) is 2.90. The van der Waals surface area contributed by atoms with Gasteiger partial charge in [-0.1, -0.05) is 72.8 Å². The second-order valence-corrected chi connectivity index (χ2v) is 7.31. The fourth-order valence-corrected chi connectivity index (χ4v) is 3.11. The summed E-state index contributed by atoms with van der Waals surface area (Å²) in [4.78, 5) is 45.5. The maximum absolute atomic E-state index is 11.9. The molecule has 180 valence electrons. The number of hydrogen-bond acceptors (Lipinski definition) is 6. The molecule has 2 N–H and O–H groups in total. The van der Waals surface area contributed by atoms with E-state index in [4.69, 9.17) is 0 Å². The van der Waals surface area contributed by atoms with E-state index >= 15 is 0 Å². The molecule has 0 saturated heterocycles. The van der Waals surface area contributed by atoms with Gasteiger partial charge < -0.3 is 30.4 Å². The van der Waals surface area contributed by atoms with Gasteiger partial charge in [-0.25, -0.2) is 0 Å². The molecule has 2 amide bonds. The van der Waals surface area contributed by atoms with Crippen molar-refractivity contribution in [3.8, 4) is 0 Å². The van der Waals surface area contributed by atoms with Crippen molar-refractivity contribution in [2.75, 3.05) is 10.6 Å². The van der Waals surface area contributed by atoms with Crippen LogP contribution in [0.25, 0.3) is 0 Å². The number of benzene rings is 4. The summed E-state index contributed by atoms with van der Waals surface area (Å²) in [6.07, 6.45) is 0. The Balaban J connectivity index is 0.000000253. The van der Waals surface area contributed by atoms with Crippen molar-refractivity contribution in [1.29, 1.82) is 0 Å². The summed E-state index contributed by atoms with van der Waals surface area (Å²) in [5, 5.41) is 26.9. The quantitative estimate of drug-likeness (QED) is 0.357. The van der Waals surface area contributed by atoms with Gasteiger partial charge >= 0.3 is 19.5 Å². The molecular weight excluding hydrogens is 526 g/mol. The van der Waals surface area contributed by atoms with E-state index < -0.39 is 11.9 Å². The van der Waals surface area contributed by atoms with Crippen LogP contribution in [0.3, 0.4) is 0 Å². The number of nitrogens with one attached hydrogen (secondary N) is 2. The number of carboxylic acid groups (broad SMARTS) is 2. The maximum Gasteiger partial charge on any atom is 2.00 e. The molecule has 0 atom stereocenters. The molecule has 0 spiro atoms. The van der Waals surface area contributed by atoms with Gasteiger partial charge in [-0.2, -0.15) is 0 Å². The molecule has 0 aromatic heterocycles. The van der Waals surface area contributed by atoms with Crippen molar-refractivity contribution < 1.29 is 48.9 Å². The van der Waals surface area contributed by atoms with E-state index in [0.717, 1.165) is 0 Å². The Morgan fingerprint density at radius 1 is 0.459 bits per heavy atom. The van der Waals surface area contributed by atoms with Crippen LogP contribution < -0.4 is 20.8 Å². The summed E-state index contributed by atoms with van der Waals surface area (Å²) < 4.78 is 0. The number of amides is 2. The minimum atomic E-state index is -1.32. The Bertz CT molecular complexity index is 1270. The molecule has 0 saturated carbocycles. The van der Waals surface area contributed by atoms with Crippen LogP contribution in [0.1, 0.15) is 41.4 Å². The first kappa shape index (κ1) is 28.6. The Morgan fingerprint density at radius 3 is 1.08 bits per heavy atom. The monoisotopic (exact) mass is 544 g/mol. The molecule has 0 heterocycles. The second kappa shape index (κ2) is 14.1. The molecule has 0 aliphatic rings. The van der Waals surface area contributed by atoms with Gasteiger partial charge in [0.1, 0.15) is 0 Å². The summed E-state index contributed by atoms with van der Waals surface area (Å²) in [5.74, 6) is -3.36. The fourth-order valence-electron chi connectivity index (χ4n) is 3.11. The minimum Gasteiger partial charge on any atom is -0.545 e. The number of rotatable bonds is 6. The van der Waals surface area contributed by atoms with Gasteiger partial charge in [0.2, 0.25) is 0 Å². The molecule has 0 bridgehead atoms. The minimum absolute atomic E-state index is 0. The predicted molar refractivity (Wildman–Crippen MR) is 130 cm³/mol. The van der Waals surface area contributed by atoms with Crippen LogP contribution in [-0.4, -0.2) is 23.8 Å². The van der Waals surface area contributed by atoms with Crippen molar-refractivity contribution >= 4 is 35.1 Å². The largest absolute Gasteiger partial charge is 2.00 e. The Hall–Kier alpha value is -4.62. The van der Waals surface area contributed by atoms with Crippen molar-refractivity contribution in [2.24, 2.45) is 0 Å². The zero-order valence-electron chi connectivity index (χ0n) is 19.5. The van der Waals surface area contributed by atoms with Crippen molar-refractivity contribution in [3.05, 3.63) is 131 Å². The summed E-state index contributed by atoms with van der Waals surface area (Å²) in [5.41, 5.74) is 1.30. The SMILES string of the molecule is O=C(Nc1ccccc1C(=O)[O-])c1ccccc1.O=C(Nc1ccccc1C(=O)[O-])c1ccccc1.[Zn+2]. The Morgan fingerprint density at radius 2 is 0.757 bits per heavy atom. The van der Waals surface area contributed by atoms with Gasteiger partial charge in [0.15, 0.2) is 0 Å². The van der Waals surface area contributed by atoms with Crippen LogP contribution in [-0.2, 0) is 19.5 Å². The second-order valence-electron chi connectivity index (χ2n) is 7.31. The van der Waals surface area contributed by atoms with Crippen LogP contribution in [0.15, 0.2) is 109 Å². The van der Waals surface area contributed by atoms with Gasteiger partial charge in [-0.15, -0.1) is 0 Å². The van der Waals surface area contributed by atoms with E-state index in [1.54, 1.807) is 84.9 Å². The third kappa shape index (κ3) is 8.23. The van der Waals surface area contributed by atoms with E-state index in [1.165, 1.54) is 24.3 Å². The standard InChI is InChI=1S/2C14H11NO3.Zn/c2*16-13(10-6-2-1-3-7-10)15-12-9-5-4-8-11(12)14(17)18;/h2*1-9H,(H,15,16)(H,17,18);/q;;+2/p-2. The first-order valence-corrected chi connectivity index (χ1v) is 10.7. The fraction of sp³-hybridized carbons (Fsp3) is 0. The first-order chi connectivity index (χ1) is 17.4. The zero-order valence-corrected chi connectivity index (χ0v) is 22.5. The number of carboxylic acids is 2. The number of carbonyl (C=O) groups excluding carboxylic acids is 4. The summed E-state index contributed by atoms with van der Waals surface area (Å²) >= 11 is 0. The van der Waals surface area contributed by atoms with Crippen LogP contribution in [0.2, 0.25) is 0 Å². The van der Waals surface area contributed by atoms with Crippen LogP contribution in [0.5, 0.6) is 0 Å². The summed E-state index contributed by atoms with van der Waals surface area (Å²) in [7, 11) is 0. The van der Waals surface area contributed by atoms with E-state index in [0.29, 0.717) is 11.1 Å². The summed E-state index contributed by atoms with van der Waals surface area (Å²) in [6, 6.07) is 29.4. The number of hydrogen-bond donors (Lipinski definition) is 2. The normalized spacial score (nSPS) is 9.51. The van der Waals surface area contributed by atoms with E-state index in [2.05, 4.69) is 10.6 Å². The molecule has 0 fully saturated rings. The van der Waals surface area contributed by atoms with E-state index in [9.17, 15) is 29.4 Å². The Labute approximate surface area is 225 Å². The smallest absolute Gasteiger partial charge is 0.545 e. The van der Waals surface area contributed by atoms with Crippen molar-refractivity contribution in [3.63, 3.8) is 0 Å². The van der Waals surface area contributed by atoms with Gasteiger partial charge in [0, 0.05) is 22.3 Å². The van der Waals surface area contributed by atoms with E-state index in [1.807, 2.05) is 0 Å². The van der Waals surface area contributed by atoms with Crippen LogP contribution in [0.4, 0.5) is 11.4 Å². The van der Waals surface area contributed by atoms with Gasteiger partial charge in [0.05, 0.1) is 23.3 Å². The van der Waals surface area contributed by atoms with Gasteiger partial charge in [-0.05, 0) is 36.4 Å². The molecule has 0 radical (unpaired) electrons. The molecule has 4 aromatic rings. The molecule has 37 heavy (non-hydrogen) atoms. The molecule has 9 heteroatoms. The number of anilines is 2. The summed E-state index contributed by atoms with van der Waals surface area (Å²) in [6.45, 7) is 0. The number of para-hydroxylation sites is 2. The van der Waals surface area contributed by atoms with Crippen LogP contribution >= 0.6 is 0 Å². The Kier molecular flexibility index (Phi) is 10.9. The molecule has 8 nitrogen and oxygen atoms in total. The van der Waals surface area contributed by atoms with Gasteiger partial charge in [0.25, 0.3) is 11.8 Å². The molecule has 0 aliphatic heterocycles. The zero-order chi connectivity index (χ0) is 25.9. The van der Waals surface area contributed by atoms with Crippen LogP contribution in [0, 0.1) is 0 Å². The van der Waals surface area contributed by atoms with Crippen molar-refractivity contribution in [2.45, 2.75) is 0 Å². The number of aromatic carboxylic acids is 2.